The third-order valence-corrected chi connectivity index (χ3v) is 0.730. The smallest absolute Gasteiger partial charge is 0.330 e. The molecule has 0 saturated heterocycles. The Morgan fingerprint density at radius 2 is 1.00 bits per heavy atom. The summed E-state index contributed by atoms with van der Waals surface area (Å²) in [5.41, 5.74) is 0.352. The molecule has 0 aromatic heterocycles. The Balaban J connectivity index is -0.000000153. The van der Waals surface area contributed by atoms with Gasteiger partial charge in [0.1, 0.15) is 0 Å². The quantitative estimate of drug-likeness (QED) is 0.687. The fourth-order valence-corrected chi connectivity index (χ4v) is 0. The molecule has 0 rings (SSSR count). The molecule has 0 fully saturated rings. The maximum Gasteiger partial charge on any atom is 0.330 e. The van der Waals surface area contributed by atoms with Gasteiger partial charge < -0.3 is 14.9 Å². The first-order chi connectivity index (χ1) is 6.70. The van der Waals surface area contributed by atoms with E-state index in [1.807, 2.05) is 0 Å². The van der Waals surface area contributed by atoms with Gasteiger partial charge in [-0.2, -0.15) is 0 Å². The Morgan fingerprint density at radius 3 is 1.00 bits per heavy atom. The van der Waals surface area contributed by atoms with Crippen LogP contribution in [0.4, 0.5) is 0 Å². The predicted octanol–water partition coefficient (Wildman–Crippen LogP) is 1.56. The van der Waals surface area contributed by atoms with E-state index >= 15 is 0 Å². The van der Waals surface area contributed by atoms with Crippen molar-refractivity contribution in [3.8, 4) is 0 Å². The molecular weight excluding hydrogens is 200 g/mol. The normalized spacial score (nSPS) is 7.20. The van der Waals surface area contributed by atoms with Crippen LogP contribution in [-0.4, -0.2) is 36.4 Å². The monoisotopic (exact) mass is 218 g/mol. The standard InChI is InChI=1S/2C4H6O2.C2H6O/c2*1-3(2)4(5)6;1-3-2/h2*1H2,2H3,(H,5,6);1-2H3. The van der Waals surface area contributed by atoms with E-state index < -0.39 is 11.9 Å². The summed E-state index contributed by atoms with van der Waals surface area (Å²) >= 11 is 0. The molecular formula is C10H18O5. The van der Waals surface area contributed by atoms with Crippen molar-refractivity contribution < 1.29 is 24.5 Å². The molecule has 0 radical (unpaired) electrons. The van der Waals surface area contributed by atoms with Crippen molar-refractivity contribution in [3.63, 3.8) is 0 Å². The first kappa shape index (κ1) is 19.0. The summed E-state index contributed by atoms with van der Waals surface area (Å²) in [6.07, 6.45) is 0. The zero-order valence-electron chi connectivity index (χ0n) is 9.53. The third kappa shape index (κ3) is 32.8. The zero-order valence-corrected chi connectivity index (χ0v) is 9.53. The fraction of sp³-hybridized carbons (Fsp3) is 0.400. The lowest BCUT2D eigenvalue weighted by Gasteiger charge is -1.79. The van der Waals surface area contributed by atoms with Gasteiger partial charge in [0.05, 0.1) is 0 Å². The van der Waals surface area contributed by atoms with Crippen LogP contribution in [0.1, 0.15) is 13.8 Å². The lowest BCUT2D eigenvalue weighted by Crippen LogP contribution is -1.92. The topological polar surface area (TPSA) is 83.8 Å². The van der Waals surface area contributed by atoms with Gasteiger partial charge in [0, 0.05) is 25.4 Å². The molecule has 0 amide bonds. The van der Waals surface area contributed by atoms with Gasteiger partial charge in [-0.15, -0.1) is 0 Å². The zero-order chi connectivity index (χ0) is 13.0. The number of hydrogen-bond acceptors (Lipinski definition) is 3. The SMILES string of the molecule is C=C(C)C(=O)O.C=C(C)C(=O)O.COC. The van der Waals surface area contributed by atoms with Crippen LogP contribution in [-0.2, 0) is 14.3 Å². The maximum atomic E-state index is 9.60. The van der Waals surface area contributed by atoms with Gasteiger partial charge >= 0.3 is 11.9 Å². The molecule has 2 N–H and O–H groups in total. The van der Waals surface area contributed by atoms with E-state index in [4.69, 9.17) is 10.2 Å². The molecule has 0 aromatic carbocycles. The highest BCUT2D eigenvalue weighted by atomic mass is 16.4. The fourth-order valence-electron chi connectivity index (χ4n) is 0. The molecule has 0 unspecified atom stereocenters. The Bertz CT molecular complexity index is 182. The van der Waals surface area contributed by atoms with Crippen molar-refractivity contribution in [2.75, 3.05) is 14.2 Å². The van der Waals surface area contributed by atoms with Gasteiger partial charge in [0.15, 0.2) is 0 Å². The number of hydrogen-bond donors (Lipinski definition) is 2. The van der Waals surface area contributed by atoms with Crippen LogP contribution < -0.4 is 0 Å². The van der Waals surface area contributed by atoms with Crippen molar-refractivity contribution in [1.29, 1.82) is 0 Å². The van der Waals surface area contributed by atoms with Crippen molar-refractivity contribution in [2.24, 2.45) is 0 Å². The molecule has 5 heteroatoms. The molecule has 0 atom stereocenters. The lowest BCUT2D eigenvalue weighted by molar-refractivity contribution is -0.133. The molecule has 0 aliphatic heterocycles. The third-order valence-electron chi connectivity index (χ3n) is 0.730. The van der Waals surface area contributed by atoms with E-state index in [0.29, 0.717) is 0 Å². The Labute approximate surface area is 89.7 Å². The van der Waals surface area contributed by atoms with E-state index in [9.17, 15) is 9.59 Å². The lowest BCUT2D eigenvalue weighted by atomic mass is 10.4. The number of methoxy groups -OCH3 is 1. The van der Waals surface area contributed by atoms with Crippen LogP contribution in [0.2, 0.25) is 0 Å². The van der Waals surface area contributed by atoms with E-state index in [0.717, 1.165) is 0 Å². The summed E-state index contributed by atoms with van der Waals surface area (Å²) in [4.78, 5) is 19.2. The van der Waals surface area contributed by atoms with E-state index in [-0.39, 0.29) is 11.1 Å². The number of carboxylic acid groups (broad SMARTS) is 2. The van der Waals surface area contributed by atoms with Crippen LogP contribution in [0.25, 0.3) is 0 Å². The van der Waals surface area contributed by atoms with Gasteiger partial charge in [0.2, 0.25) is 0 Å². The average molecular weight is 218 g/mol. The second kappa shape index (κ2) is 12.4. The number of ether oxygens (including phenoxy) is 1. The molecule has 0 saturated carbocycles. The van der Waals surface area contributed by atoms with Crippen LogP contribution >= 0.6 is 0 Å². The second-order valence-corrected chi connectivity index (χ2v) is 2.58. The molecule has 5 nitrogen and oxygen atoms in total. The molecule has 15 heavy (non-hydrogen) atoms. The van der Waals surface area contributed by atoms with Crippen LogP contribution in [0.3, 0.4) is 0 Å². The number of carboxylic acids is 2. The summed E-state index contributed by atoms with van der Waals surface area (Å²) in [6.45, 7) is 9.20. The van der Waals surface area contributed by atoms with Gasteiger partial charge in [-0.05, 0) is 13.8 Å². The van der Waals surface area contributed by atoms with Crippen molar-refractivity contribution in [2.45, 2.75) is 13.8 Å². The number of rotatable bonds is 2. The summed E-state index contributed by atoms with van der Waals surface area (Å²) in [6, 6.07) is 0. The van der Waals surface area contributed by atoms with Crippen molar-refractivity contribution >= 4 is 11.9 Å². The highest BCUT2D eigenvalue weighted by Crippen LogP contribution is 1.81. The van der Waals surface area contributed by atoms with Gasteiger partial charge in [-0.1, -0.05) is 13.2 Å². The minimum absolute atomic E-state index is 0.176. The molecule has 0 aliphatic carbocycles. The summed E-state index contributed by atoms with van der Waals surface area (Å²) in [7, 11) is 3.25. The van der Waals surface area contributed by atoms with Gasteiger partial charge in [-0.3, -0.25) is 0 Å². The average Bonchev–Trinajstić information content (AvgIpc) is 2.06. The summed E-state index contributed by atoms with van der Waals surface area (Å²) < 4.78 is 4.25. The Kier molecular flexibility index (Phi) is 15.7. The first-order valence-corrected chi connectivity index (χ1v) is 3.88. The molecule has 0 aromatic rings. The second-order valence-electron chi connectivity index (χ2n) is 2.58. The Hall–Kier alpha value is -1.62. The molecule has 88 valence electrons. The van der Waals surface area contributed by atoms with E-state index in [2.05, 4.69) is 17.9 Å². The largest absolute Gasteiger partial charge is 0.478 e. The minimum atomic E-state index is -0.935. The molecule has 0 aliphatic rings. The van der Waals surface area contributed by atoms with Crippen LogP contribution in [0, 0.1) is 0 Å². The predicted molar refractivity (Wildman–Crippen MR) is 57.8 cm³/mol. The molecule has 0 heterocycles. The Morgan fingerprint density at radius 1 is 0.933 bits per heavy atom. The van der Waals surface area contributed by atoms with Gasteiger partial charge in [-0.25, -0.2) is 9.59 Å². The number of carbonyl (C=O) groups is 2. The van der Waals surface area contributed by atoms with Crippen LogP contribution in [0.15, 0.2) is 24.3 Å². The van der Waals surface area contributed by atoms with Crippen molar-refractivity contribution in [1.82, 2.24) is 0 Å². The summed E-state index contributed by atoms with van der Waals surface area (Å²) in [5, 5.41) is 15.8. The van der Waals surface area contributed by atoms with Crippen molar-refractivity contribution in [3.05, 3.63) is 24.3 Å². The van der Waals surface area contributed by atoms with Crippen LogP contribution in [0.5, 0.6) is 0 Å². The minimum Gasteiger partial charge on any atom is -0.478 e. The highest BCUT2D eigenvalue weighted by Gasteiger charge is 1.90. The first-order valence-electron chi connectivity index (χ1n) is 3.88. The summed E-state index contributed by atoms with van der Waals surface area (Å²) in [5.74, 6) is -1.87. The number of aliphatic carboxylic acids is 2. The highest BCUT2D eigenvalue weighted by molar-refractivity contribution is 5.85. The van der Waals surface area contributed by atoms with E-state index in [1.165, 1.54) is 13.8 Å². The van der Waals surface area contributed by atoms with E-state index in [1.54, 1.807) is 14.2 Å². The molecule has 0 spiro atoms. The van der Waals surface area contributed by atoms with Gasteiger partial charge in [0.25, 0.3) is 0 Å². The maximum absolute atomic E-state index is 9.60. The molecule has 0 bridgehead atoms.